The zero-order valence-corrected chi connectivity index (χ0v) is 26.3. The van der Waals surface area contributed by atoms with Crippen LogP contribution in [0.3, 0.4) is 0 Å². The Morgan fingerprint density at radius 1 is 0.920 bits per heavy atom. The van der Waals surface area contributed by atoms with Gasteiger partial charge < -0.3 is 20.1 Å². The van der Waals surface area contributed by atoms with E-state index in [9.17, 15) is 38.7 Å². The molecule has 256 valence electrons. The van der Waals surface area contributed by atoms with E-state index in [1.54, 1.807) is 36.4 Å². The van der Waals surface area contributed by atoms with Crippen molar-refractivity contribution >= 4 is 58.8 Å². The monoisotopic (exact) mass is 684 g/mol. The highest BCUT2D eigenvalue weighted by molar-refractivity contribution is 6.07. The van der Waals surface area contributed by atoms with E-state index in [4.69, 9.17) is 4.74 Å². The van der Waals surface area contributed by atoms with E-state index in [1.807, 2.05) is 0 Å². The van der Waals surface area contributed by atoms with E-state index in [0.717, 1.165) is 0 Å². The van der Waals surface area contributed by atoms with E-state index in [-0.39, 0.29) is 81.2 Å². The summed E-state index contributed by atoms with van der Waals surface area (Å²) in [5, 5.41) is 28.6. The van der Waals surface area contributed by atoms with Gasteiger partial charge in [-0.15, -0.1) is 5.10 Å². The lowest BCUT2D eigenvalue weighted by molar-refractivity contribution is -0.571. The van der Waals surface area contributed by atoms with Crippen LogP contribution in [0.4, 0.5) is 16.2 Å². The third kappa shape index (κ3) is 6.13. The molecular weight excluding hydrogens is 654 g/mol. The van der Waals surface area contributed by atoms with Crippen LogP contribution < -0.4 is 21.3 Å². The lowest BCUT2D eigenvalue weighted by Gasteiger charge is -2.29. The number of aliphatic hydroxyl groups excluding tert-OH is 1. The number of carbonyl (C=O) groups is 7. The van der Waals surface area contributed by atoms with Gasteiger partial charge in [0.05, 0.1) is 23.0 Å². The minimum atomic E-state index is -0.816. The second-order valence-electron chi connectivity index (χ2n) is 12.1. The molecular formula is C32H30N9O9+. The molecule has 2 saturated heterocycles. The Morgan fingerprint density at radius 2 is 1.62 bits per heavy atom. The normalized spacial score (nSPS) is 19.9. The van der Waals surface area contributed by atoms with Crippen LogP contribution in [0.15, 0.2) is 42.6 Å². The molecule has 5 N–H and O–H groups in total. The Balaban J connectivity index is 0.924. The molecule has 1 aromatic heterocycles. The van der Waals surface area contributed by atoms with Gasteiger partial charge >= 0.3 is 12.0 Å². The maximum atomic E-state index is 13.1. The first-order chi connectivity index (χ1) is 24.0. The average Bonchev–Trinajstić information content (AvgIpc) is 3.77. The number of carbonyl (C=O) groups excluding carboxylic acids is 7. The van der Waals surface area contributed by atoms with Crippen molar-refractivity contribution in [2.45, 2.75) is 64.0 Å². The summed E-state index contributed by atoms with van der Waals surface area (Å²) in [6.45, 7) is -0.298. The van der Waals surface area contributed by atoms with Gasteiger partial charge in [-0.2, -0.15) is 4.58 Å². The molecule has 0 radical (unpaired) electrons. The predicted molar refractivity (Wildman–Crippen MR) is 168 cm³/mol. The Morgan fingerprint density at radius 3 is 2.36 bits per heavy atom. The number of nitrogens with zero attached hydrogens (tertiary/aromatic N) is 5. The molecule has 18 heteroatoms. The van der Waals surface area contributed by atoms with Gasteiger partial charge in [0, 0.05) is 42.6 Å². The molecule has 2 atom stereocenters. The first-order valence-corrected chi connectivity index (χ1v) is 15.7. The van der Waals surface area contributed by atoms with Crippen LogP contribution in [0.1, 0.15) is 58.4 Å². The van der Waals surface area contributed by atoms with Crippen molar-refractivity contribution in [2.75, 3.05) is 10.6 Å². The second-order valence-corrected chi connectivity index (χ2v) is 12.1. The molecule has 2 aromatic carbocycles. The highest BCUT2D eigenvalue weighted by Gasteiger charge is 2.43. The van der Waals surface area contributed by atoms with Gasteiger partial charge in [0.1, 0.15) is 24.9 Å². The van der Waals surface area contributed by atoms with Crippen LogP contribution in [0, 0.1) is 0 Å². The van der Waals surface area contributed by atoms with Crippen molar-refractivity contribution in [1.29, 1.82) is 0 Å². The smallest absolute Gasteiger partial charge is 0.412 e. The van der Waals surface area contributed by atoms with Crippen molar-refractivity contribution in [3.05, 3.63) is 70.5 Å². The molecule has 5 heterocycles. The number of benzene rings is 2. The maximum absolute atomic E-state index is 13.1. The number of aliphatic hydroxyl groups is 1. The summed E-state index contributed by atoms with van der Waals surface area (Å²) < 4.78 is 8.04. The largest absolute Gasteiger partial charge is 0.460 e. The van der Waals surface area contributed by atoms with Gasteiger partial charge in [0.2, 0.25) is 29.7 Å². The number of imide groups is 2. The van der Waals surface area contributed by atoms with E-state index < -0.39 is 35.9 Å². The van der Waals surface area contributed by atoms with Crippen LogP contribution >= 0.6 is 0 Å². The van der Waals surface area contributed by atoms with Gasteiger partial charge in [-0.05, 0) is 30.7 Å². The Hall–Kier alpha value is -6.46. The average molecular weight is 685 g/mol. The molecule has 7 rings (SSSR count). The van der Waals surface area contributed by atoms with Gasteiger partial charge in [0.15, 0.2) is 6.54 Å². The second kappa shape index (κ2) is 12.9. The van der Waals surface area contributed by atoms with Gasteiger partial charge in [-0.1, -0.05) is 17.3 Å². The van der Waals surface area contributed by atoms with Gasteiger partial charge in [-0.25, -0.2) is 9.48 Å². The van der Waals surface area contributed by atoms with Crippen LogP contribution in [0.25, 0.3) is 0 Å². The number of hydrogen-bond acceptors (Lipinski definition) is 10. The fourth-order valence-corrected chi connectivity index (χ4v) is 6.53. The molecule has 18 nitrogen and oxygen atoms in total. The van der Waals surface area contributed by atoms with Crippen molar-refractivity contribution in [2.24, 2.45) is 0 Å². The molecule has 50 heavy (non-hydrogen) atoms. The predicted octanol–water partition coefficient (Wildman–Crippen LogP) is 0.0624. The molecule has 3 aromatic rings. The lowest BCUT2D eigenvalue weighted by Crippen LogP contribution is -2.52. The maximum Gasteiger partial charge on any atom is 0.412 e. The van der Waals surface area contributed by atoms with Gasteiger partial charge in [0.25, 0.3) is 11.8 Å². The molecule has 2 unspecified atom stereocenters. The summed E-state index contributed by atoms with van der Waals surface area (Å²) in [5.41, 5.74) is 2.93. The lowest BCUT2D eigenvalue weighted by atomic mass is 10.0. The van der Waals surface area contributed by atoms with Crippen molar-refractivity contribution in [3.8, 4) is 0 Å². The Bertz CT molecular complexity index is 2040. The molecule has 0 saturated carbocycles. The molecule has 2 fully saturated rings. The van der Waals surface area contributed by atoms with E-state index >= 15 is 0 Å². The Labute approximate surface area is 282 Å². The van der Waals surface area contributed by atoms with Crippen LogP contribution in [0.5, 0.6) is 0 Å². The minimum Gasteiger partial charge on any atom is -0.460 e. The zero-order valence-electron chi connectivity index (χ0n) is 26.3. The number of nitrogens with one attached hydrogen (secondary N) is 4. The van der Waals surface area contributed by atoms with Crippen LogP contribution in [0.2, 0.25) is 0 Å². The number of rotatable bonds is 8. The minimum absolute atomic E-state index is 0.0904. The third-order valence-electron chi connectivity index (χ3n) is 8.94. The van der Waals surface area contributed by atoms with Crippen molar-refractivity contribution < 1.29 is 48.0 Å². The molecule has 4 aliphatic rings. The SMILES string of the molecule is O=C1CCC(N2Cc3c(NC(=O)Cn4cc(COC(=O)Nc5cccc6c5C[N+](C5CCC(=O)NC5=O)=C6O)nn4)cccc3C2=O)C(=O)N1. The molecule has 4 aliphatic heterocycles. The summed E-state index contributed by atoms with van der Waals surface area (Å²) in [6.07, 6.45) is 1.35. The van der Waals surface area contributed by atoms with Crippen molar-refractivity contribution in [3.63, 3.8) is 0 Å². The summed E-state index contributed by atoms with van der Waals surface area (Å²) in [4.78, 5) is 88.0. The number of piperidine rings is 2. The summed E-state index contributed by atoms with van der Waals surface area (Å²) >= 11 is 0. The van der Waals surface area contributed by atoms with Crippen molar-refractivity contribution in [1.82, 2.24) is 30.5 Å². The summed E-state index contributed by atoms with van der Waals surface area (Å²) in [7, 11) is 0. The van der Waals surface area contributed by atoms with E-state index in [1.165, 1.54) is 20.4 Å². The fraction of sp³-hybridized carbons (Fsp3) is 0.312. The Kier molecular flexibility index (Phi) is 8.26. The first-order valence-electron chi connectivity index (χ1n) is 15.7. The summed E-state index contributed by atoms with van der Waals surface area (Å²) in [5.74, 6) is -2.75. The highest BCUT2D eigenvalue weighted by Crippen LogP contribution is 2.32. The van der Waals surface area contributed by atoms with Crippen LogP contribution in [-0.2, 0) is 55.0 Å². The molecule has 0 spiro atoms. The van der Waals surface area contributed by atoms with Crippen LogP contribution in [-0.4, -0.2) is 89.1 Å². The first kappa shape index (κ1) is 32.1. The molecule has 0 aliphatic carbocycles. The number of amides is 7. The molecule has 7 amide bonds. The summed E-state index contributed by atoms with van der Waals surface area (Å²) in [6, 6.07) is 8.26. The number of hydrogen-bond donors (Lipinski definition) is 5. The zero-order chi connectivity index (χ0) is 35.1. The quantitative estimate of drug-likeness (QED) is 0.157. The number of aromatic nitrogens is 3. The van der Waals surface area contributed by atoms with Gasteiger partial charge in [-0.3, -0.25) is 44.7 Å². The topological polar surface area (TPSA) is 234 Å². The fourth-order valence-electron chi connectivity index (χ4n) is 6.53. The highest BCUT2D eigenvalue weighted by atomic mass is 16.5. The van der Waals surface area contributed by atoms with E-state index in [0.29, 0.717) is 33.6 Å². The number of anilines is 2. The standard InChI is InChI=1S/C32H29N9O9/c42-25-9-7-23(28(45)35-25)40-12-19-17(30(40)47)3-1-5-21(19)33-27(44)14-39-11-16(37-38-39)15-50-32(49)34-22-6-2-4-18-20(22)13-41(31(18)48)24-8-10-26(43)36-29(24)46/h1-6,11,23-24H,7-10,12-15H2,(H4,33,34,35,36,42,43,44,45,46,49)/p+1. The molecule has 0 bridgehead atoms. The number of ether oxygens (including phenoxy) is 1. The third-order valence-corrected chi connectivity index (χ3v) is 8.94. The number of fused-ring (bicyclic) bond motifs is 2. The van der Waals surface area contributed by atoms with E-state index in [2.05, 4.69) is 31.6 Å².